The number of hydrogen-bond donors (Lipinski definition) is 1. The molecule has 2 aromatic carbocycles. The van der Waals surface area contributed by atoms with Gasteiger partial charge >= 0.3 is 0 Å². The molecule has 0 spiro atoms. The summed E-state index contributed by atoms with van der Waals surface area (Å²) < 4.78 is 10.9. The van der Waals surface area contributed by atoms with Crippen molar-refractivity contribution in [2.75, 3.05) is 19.0 Å². The van der Waals surface area contributed by atoms with Crippen LogP contribution in [0.2, 0.25) is 0 Å². The van der Waals surface area contributed by atoms with Gasteiger partial charge in [0.2, 0.25) is 5.91 Å². The molecular weight excluding hydrogens is 348 g/mol. The summed E-state index contributed by atoms with van der Waals surface area (Å²) in [6, 6.07) is 17.4. The maximum absolute atomic E-state index is 12.1. The molecule has 5 nitrogen and oxygen atoms in total. The van der Waals surface area contributed by atoms with Gasteiger partial charge < -0.3 is 14.8 Å². The Morgan fingerprint density at radius 3 is 2.58 bits per heavy atom. The van der Waals surface area contributed by atoms with Gasteiger partial charge in [-0.1, -0.05) is 42.5 Å². The number of methoxy groups -OCH3 is 1. The number of para-hydroxylation sites is 2. The van der Waals surface area contributed by atoms with Crippen molar-refractivity contribution in [3.63, 3.8) is 0 Å². The molecule has 0 saturated heterocycles. The molecule has 0 bridgehead atoms. The van der Waals surface area contributed by atoms with E-state index < -0.39 is 0 Å². The molecule has 1 heterocycles. The van der Waals surface area contributed by atoms with Gasteiger partial charge in [0.05, 0.1) is 19.4 Å². The van der Waals surface area contributed by atoms with Crippen LogP contribution in [0.1, 0.15) is 12.8 Å². The fourth-order valence-electron chi connectivity index (χ4n) is 2.41. The van der Waals surface area contributed by atoms with Crippen molar-refractivity contribution >= 4 is 22.4 Å². The van der Waals surface area contributed by atoms with Crippen LogP contribution in [0.25, 0.3) is 11.3 Å². The van der Waals surface area contributed by atoms with E-state index in [1.807, 2.05) is 60.0 Å². The van der Waals surface area contributed by atoms with Gasteiger partial charge in [0.15, 0.2) is 16.6 Å². The summed E-state index contributed by atoms with van der Waals surface area (Å²) in [5.41, 5.74) is 1.90. The van der Waals surface area contributed by atoms with Crippen LogP contribution in [0, 0.1) is 0 Å². The molecule has 0 aliphatic heterocycles. The first kappa shape index (κ1) is 17.9. The highest BCUT2D eigenvalue weighted by Gasteiger charge is 2.08. The summed E-state index contributed by atoms with van der Waals surface area (Å²) in [6.07, 6.45) is 0.982. The topological polar surface area (TPSA) is 60.5 Å². The lowest BCUT2D eigenvalue weighted by Gasteiger charge is -2.09. The zero-order chi connectivity index (χ0) is 18.2. The molecule has 0 saturated carbocycles. The predicted molar refractivity (Wildman–Crippen MR) is 104 cm³/mol. The Morgan fingerprint density at radius 1 is 1.08 bits per heavy atom. The smallest absolute Gasteiger partial charge is 0.226 e. The van der Waals surface area contributed by atoms with Crippen molar-refractivity contribution in [1.82, 2.24) is 4.98 Å². The Kier molecular flexibility index (Phi) is 6.22. The number of amides is 1. The molecule has 0 atom stereocenters. The summed E-state index contributed by atoms with van der Waals surface area (Å²) in [4.78, 5) is 16.5. The van der Waals surface area contributed by atoms with Crippen LogP contribution in [0.4, 0.5) is 5.13 Å². The average Bonchev–Trinajstić information content (AvgIpc) is 3.14. The van der Waals surface area contributed by atoms with E-state index in [0.717, 1.165) is 11.3 Å². The normalized spacial score (nSPS) is 10.3. The van der Waals surface area contributed by atoms with Gasteiger partial charge in [0.25, 0.3) is 0 Å². The van der Waals surface area contributed by atoms with Gasteiger partial charge in [0.1, 0.15) is 0 Å². The summed E-state index contributed by atoms with van der Waals surface area (Å²) in [5.74, 6) is 1.30. The van der Waals surface area contributed by atoms with Crippen molar-refractivity contribution in [1.29, 1.82) is 0 Å². The number of aromatic nitrogens is 1. The van der Waals surface area contributed by atoms with E-state index in [-0.39, 0.29) is 5.91 Å². The van der Waals surface area contributed by atoms with Crippen LogP contribution in [0.5, 0.6) is 11.5 Å². The van der Waals surface area contributed by atoms with Crippen molar-refractivity contribution in [2.45, 2.75) is 12.8 Å². The molecule has 26 heavy (non-hydrogen) atoms. The zero-order valence-electron chi connectivity index (χ0n) is 14.5. The number of anilines is 1. The number of hydrogen-bond acceptors (Lipinski definition) is 5. The van der Waals surface area contributed by atoms with E-state index in [1.54, 1.807) is 7.11 Å². The summed E-state index contributed by atoms with van der Waals surface area (Å²) >= 11 is 1.42. The van der Waals surface area contributed by atoms with Crippen molar-refractivity contribution in [3.8, 4) is 22.8 Å². The first-order valence-corrected chi connectivity index (χ1v) is 9.21. The van der Waals surface area contributed by atoms with Gasteiger partial charge in [-0.2, -0.15) is 0 Å². The first-order chi connectivity index (χ1) is 12.8. The van der Waals surface area contributed by atoms with Gasteiger partial charge in [-0.15, -0.1) is 11.3 Å². The van der Waals surface area contributed by atoms with Crippen LogP contribution >= 0.6 is 11.3 Å². The lowest BCUT2D eigenvalue weighted by Crippen LogP contribution is -2.12. The molecule has 1 N–H and O–H groups in total. The fourth-order valence-corrected chi connectivity index (χ4v) is 3.14. The number of nitrogens with zero attached hydrogens (tertiary/aromatic N) is 1. The number of ether oxygens (including phenoxy) is 2. The minimum absolute atomic E-state index is 0.0670. The molecule has 0 fully saturated rings. The molecule has 6 heteroatoms. The number of nitrogens with one attached hydrogen (secondary N) is 1. The third-order valence-corrected chi connectivity index (χ3v) is 4.45. The highest BCUT2D eigenvalue weighted by molar-refractivity contribution is 7.14. The lowest BCUT2D eigenvalue weighted by molar-refractivity contribution is -0.116. The van der Waals surface area contributed by atoms with Gasteiger partial charge in [-0.25, -0.2) is 4.98 Å². The number of carbonyl (C=O) groups is 1. The van der Waals surface area contributed by atoms with E-state index in [4.69, 9.17) is 9.47 Å². The zero-order valence-corrected chi connectivity index (χ0v) is 15.3. The Hall–Kier alpha value is -2.86. The molecule has 0 aliphatic rings. The largest absolute Gasteiger partial charge is 0.493 e. The van der Waals surface area contributed by atoms with Crippen molar-refractivity contribution < 1.29 is 14.3 Å². The molecule has 3 rings (SSSR count). The quantitative estimate of drug-likeness (QED) is 0.590. The predicted octanol–water partition coefficient (Wildman–Crippen LogP) is 4.62. The highest BCUT2D eigenvalue weighted by Crippen LogP contribution is 2.26. The SMILES string of the molecule is COc1ccccc1OCCCC(=O)Nc1nc(-c2ccccc2)cs1. The maximum atomic E-state index is 12.1. The van der Waals surface area contributed by atoms with Gasteiger partial charge in [-0.05, 0) is 18.6 Å². The summed E-state index contributed by atoms with van der Waals surface area (Å²) in [6.45, 7) is 0.445. The second-order valence-corrected chi connectivity index (χ2v) is 6.41. The third kappa shape index (κ3) is 4.83. The van der Waals surface area contributed by atoms with Crippen LogP contribution in [-0.4, -0.2) is 24.6 Å². The van der Waals surface area contributed by atoms with E-state index >= 15 is 0 Å². The van der Waals surface area contributed by atoms with E-state index in [0.29, 0.717) is 36.1 Å². The number of carbonyl (C=O) groups excluding carboxylic acids is 1. The molecule has 1 aromatic heterocycles. The van der Waals surface area contributed by atoms with Crippen molar-refractivity contribution in [2.24, 2.45) is 0 Å². The van der Waals surface area contributed by atoms with Gasteiger partial charge in [-0.3, -0.25) is 4.79 Å². The monoisotopic (exact) mass is 368 g/mol. The van der Waals surface area contributed by atoms with Crippen LogP contribution in [-0.2, 0) is 4.79 Å². The number of rotatable bonds is 8. The number of benzene rings is 2. The average molecular weight is 368 g/mol. The highest BCUT2D eigenvalue weighted by atomic mass is 32.1. The van der Waals surface area contributed by atoms with Crippen molar-refractivity contribution in [3.05, 3.63) is 60.0 Å². The molecule has 0 aliphatic carbocycles. The molecule has 0 unspecified atom stereocenters. The maximum Gasteiger partial charge on any atom is 0.226 e. The molecular formula is C20H20N2O3S. The second-order valence-electron chi connectivity index (χ2n) is 5.55. The minimum atomic E-state index is -0.0670. The van der Waals surface area contributed by atoms with Crippen LogP contribution < -0.4 is 14.8 Å². The van der Waals surface area contributed by atoms with Crippen LogP contribution in [0.15, 0.2) is 60.0 Å². The first-order valence-electron chi connectivity index (χ1n) is 8.33. The summed E-state index contributed by atoms with van der Waals surface area (Å²) in [7, 11) is 1.60. The standard InChI is InChI=1S/C20H20N2O3S/c1-24-17-10-5-6-11-18(17)25-13-7-12-19(23)22-20-21-16(14-26-20)15-8-3-2-4-9-15/h2-6,8-11,14H,7,12-13H2,1H3,(H,21,22,23). The van der Waals surface area contributed by atoms with E-state index in [1.165, 1.54) is 11.3 Å². The second kappa shape index (κ2) is 9.01. The Balaban J connectivity index is 1.44. The number of thiazole rings is 1. The van der Waals surface area contributed by atoms with Gasteiger partial charge in [0, 0.05) is 17.4 Å². The molecule has 1 amide bonds. The Morgan fingerprint density at radius 2 is 1.81 bits per heavy atom. The van der Waals surface area contributed by atoms with E-state index in [9.17, 15) is 4.79 Å². The molecule has 134 valence electrons. The lowest BCUT2D eigenvalue weighted by atomic mass is 10.2. The molecule has 0 radical (unpaired) electrons. The van der Waals surface area contributed by atoms with E-state index in [2.05, 4.69) is 10.3 Å². The summed E-state index contributed by atoms with van der Waals surface area (Å²) in [5, 5.41) is 5.39. The third-order valence-electron chi connectivity index (χ3n) is 3.69. The Bertz CT molecular complexity index is 849. The minimum Gasteiger partial charge on any atom is -0.493 e. The molecule has 3 aromatic rings. The fraction of sp³-hybridized carbons (Fsp3) is 0.200. The Labute approximate surface area is 156 Å². The van der Waals surface area contributed by atoms with Crippen LogP contribution in [0.3, 0.4) is 0 Å².